The minimum Gasteiger partial charge on any atom is -0.550 e. The summed E-state index contributed by atoms with van der Waals surface area (Å²) in [5.74, 6) is -3.05. The molecular weight excluding hydrogens is 335 g/mol. The molecule has 0 aliphatic heterocycles. The van der Waals surface area contributed by atoms with Gasteiger partial charge in [0.1, 0.15) is 0 Å². The van der Waals surface area contributed by atoms with Crippen LogP contribution in [-0.4, -0.2) is 58.9 Å². The van der Waals surface area contributed by atoms with Crippen molar-refractivity contribution in [3.8, 4) is 0 Å². The van der Waals surface area contributed by atoms with Crippen LogP contribution in [0.25, 0.3) is 0 Å². The smallest absolute Gasteiger partial charge is 0.550 e. The molecule has 7 heteroatoms. The fourth-order valence-corrected chi connectivity index (χ4v) is 2.66. The SMILES string of the molecule is CCCCCCCCCCCC(=O)N(C)[C@H](CCC(=O)[O-])C(=O)[O-].[Mg+2]. The Morgan fingerprint density at radius 3 is 1.76 bits per heavy atom. The number of likely N-dealkylation sites (N-methyl/N-ethyl adjacent to an activating group) is 1. The molecule has 0 fully saturated rings. The van der Waals surface area contributed by atoms with E-state index in [0.717, 1.165) is 24.2 Å². The van der Waals surface area contributed by atoms with Gasteiger partial charge in [0.25, 0.3) is 0 Å². The molecular formula is C18H31MgNO5. The van der Waals surface area contributed by atoms with Gasteiger partial charge in [-0.3, -0.25) is 4.79 Å². The fourth-order valence-electron chi connectivity index (χ4n) is 2.66. The Kier molecular flexibility index (Phi) is 17.6. The van der Waals surface area contributed by atoms with Crippen molar-refractivity contribution >= 4 is 40.9 Å². The number of carboxylic acid groups (broad SMARTS) is 2. The third-order valence-electron chi connectivity index (χ3n) is 4.25. The summed E-state index contributed by atoms with van der Waals surface area (Å²) in [6, 6.07) is -1.21. The van der Waals surface area contributed by atoms with Crippen LogP contribution in [0.3, 0.4) is 0 Å². The van der Waals surface area contributed by atoms with E-state index in [1.165, 1.54) is 45.6 Å². The Bertz CT molecular complexity index is 390. The quantitative estimate of drug-likeness (QED) is 0.313. The molecule has 0 radical (unpaired) electrons. The van der Waals surface area contributed by atoms with Crippen molar-refractivity contribution in [3.05, 3.63) is 0 Å². The molecule has 0 unspecified atom stereocenters. The predicted molar refractivity (Wildman–Crippen MR) is 93.4 cm³/mol. The second-order valence-electron chi connectivity index (χ2n) is 6.33. The number of carbonyl (C=O) groups is 3. The molecule has 0 aromatic heterocycles. The van der Waals surface area contributed by atoms with Crippen molar-refractivity contribution in [1.29, 1.82) is 0 Å². The summed E-state index contributed by atoms with van der Waals surface area (Å²) in [4.78, 5) is 34.6. The van der Waals surface area contributed by atoms with E-state index in [0.29, 0.717) is 0 Å². The number of amides is 1. The molecule has 6 nitrogen and oxygen atoms in total. The summed E-state index contributed by atoms with van der Waals surface area (Å²) in [6.07, 6.45) is 9.91. The van der Waals surface area contributed by atoms with Gasteiger partial charge >= 0.3 is 23.1 Å². The third kappa shape index (κ3) is 14.1. The van der Waals surface area contributed by atoms with Crippen LogP contribution in [-0.2, 0) is 14.4 Å². The predicted octanol–water partition coefficient (Wildman–Crippen LogP) is 0.634. The summed E-state index contributed by atoms with van der Waals surface area (Å²) in [7, 11) is 1.38. The maximum Gasteiger partial charge on any atom is 2.00 e. The van der Waals surface area contributed by atoms with E-state index in [1.807, 2.05) is 0 Å². The molecule has 0 saturated carbocycles. The summed E-state index contributed by atoms with van der Waals surface area (Å²) >= 11 is 0. The monoisotopic (exact) mass is 365 g/mol. The average molecular weight is 366 g/mol. The van der Waals surface area contributed by atoms with Gasteiger partial charge in [0.15, 0.2) is 0 Å². The van der Waals surface area contributed by atoms with Gasteiger partial charge in [0.05, 0.1) is 12.0 Å². The molecule has 0 rings (SSSR count). The van der Waals surface area contributed by atoms with E-state index in [1.54, 1.807) is 0 Å². The third-order valence-corrected chi connectivity index (χ3v) is 4.25. The van der Waals surface area contributed by atoms with Crippen molar-refractivity contribution in [3.63, 3.8) is 0 Å². The van der Waals surface area contributed by atoms with Crippen molar-refractivity contribution in [2.45, 2.75) is 90.0 Å². The topological polar surface area (TPSA) is 101 Å². The maximum atomic E-state index is 12.0. The zero-order chi connectivity index (χ0) is 18.4. The van der Waals surface area contributed by atoms with Gasteiger partial charge in [-0.25, -0.2) is 0 Å². The number of nitrogens with zero attached hydrogens (tertiary/aromatic N) is 1. The zero-order valence-electron chi connectivity index (χ0n) is 15.8. The van der Waals surface area contributed by atoms with E-state index >= 15 is 0 Å². The summed E-state index contributed by atoms with van der Waals surface area (Å²) in [5, 5.41) is 21.5. The average Bonchev–Trinajstić information content (AvgIpc) is 2.52. The molecule has 0 saturated heterocycles. The molecule has 0 spiro atoms. The van der Waals surface area contributed by atoms with Crippen LogP contribution in [0.1, 0.15) is 84.0 Å². The molecule has 0 N–H and O–H groups in total. The summed E-state index contributed by atoms with van der Waals surface area (Å²) < 4.78 is 0. The molecule has 1 amide bonds. The van der Waals surface area contributed by atoms with E-state index in [4.69, 9.17) is 0 Å². The second-order valence-corrected chi connectivity index (χ2v) is 6.33. The number of unbranched alkanes of at least 4 members (excludes halogenated alkanes) is 8. The molecule has 0 aromatic carbocycles. The number of carboxylic acids is 2. The Hall–Kier alpha value is -0.824. The first-order chi connectivity index (χ1) is 11.4. The number of aliphatic carboxylic acids is 2. The number of hydrogen-bond acceptors (Lipinski definition) is 5. The molecule has 0 aliphatic carbocycles. The molecule has 140 valence electrons. The van der Waals surface area contributed by atoms with Crippen LogP contribution < -0.4 is 10.2 Å². The molecule has 25 heavy (non-hydrogen) atoms. The van der Waals surface area contributed by atoms with E-state index < -0.39 is 24.4 Å². The number of rotatable bonds is 15. The van der Waals surface area contributed by atoms with Crippen LogP contribution in [0.5, 0.6) is 0 Å². The van der Waals surface area contributed by atoms with E-state index in [-0.39, 0.29) is 41.8 Å². The number of carbonyl (C=O) groups excluding carboxylic acids is 3. The standard InChI is InChI=1S/C18H33NO5.Mg/c1-3-4-5-6-7-8-9-10-11-12-16(20)19(2)15(18(23)24)13-14-17(21)22;/h15H,3-14H2,1-2H3,(H,21,22)(H,23,24);/q;+2/p-2/t15-;/m1./s1. The second kappa shape index (κ2) is 16.6. The fraction of sp³-hybridized carbons (Fsp3) is 0.833. The first kappa shape index (κ1) is 26.4. The minimum atomic E-state index is -1.43. The van der Waals surface area contributed by atoms with E-state index in [2.05, 4.69) is 6.92 Å². The van der Waals surface area contributed by atoms with Crippen LogP contribution in [0, 0.1) is 0 Å². The minimum absolute atomic E-state index is 0. The molecule has 1 atom stereocenters. The summed E-state index contributed by atoms with van der Waals surface area (Å²) in [5.41, 5.74) is 0. The molecule has 0 aromatic rings. The van der Waals surface area contributed by atoms with Gasteiger partial charge in [-0.2, -0.15) is 0 Å². The normalized spacial score (nSPS) is 11.4. The van der Waals surface area contributed by atoms with Gasteiger partial charge in [-0.05, 0) is 19.3 Å². The van der Waals surface area contributed by atoms with Gasteiger partial charge in [0, 0.05) is 19.4 Å². The van der Waals surface area contributed by atoms with Crippen molar-refractivity contribution in [1.82, 2.24) is 4.90 Å². The zero-order valence-corrected chi connectivity index (χ0v) is 17.2. The van der Waals surface area contributed by atoms with Crippen LogP contribution in [0.2, 0.25) is 0 Å². The van der Waals surface area contributed by atoms with Crippen molar-refractivity contribution < 1.29 is 24.6 Å². The first-order valence-corrected chi connectivity index (χ1v) is 9.06. The molecule has 0 bridgehead atoms. The van der Waals surface area contributed by atoms with Gasteiger partial charge in [-0.15, -0.1) is 0 Å². The largest absolute Gasteiger partial charge is 2.00 e. The summed E-state index contributed by atoms with van der Waals surface area (Å²) in [6.45, 7) is 2.19. The Morgan fingerprint density at radius 2 is 1.32 bits per heavy atom. The maximum absolute atomic E-state index is 12.0. The number of hydrogen-bond donors (Lipinski definition) is 0. The van der Waals surface area contributed by atoms with Crippen LogP contribution in [0.15, 0.2) is 0 Å². The van der Waals surface area contributed by atoms with Crippen molar-refractivity contribution in [2.75, 3.05) is 7.05 Å². The van der Waals surface area contributed by atoms with Crippen LogP contribution >= 0.6 is 0 Å². The van der Waals surface area contributed by atoms with Gasteiger partial charge in [-0.1, -0.05) is 58.3 Å². The molecule has 0 aliphatic rings. The Balaban J connectivity index is 0. The van der Waals surface area contributed by atoms with Crippen LogP contribution in [0.4, 0.5) is 0 Å². The van der Waals surface area contributed by atoms with Crippen molar-refractivity contribution in [2.24, 2.45) is 0 Å². The van der Waals surface area contributed by atoms with E-state index in [9.17, 15) is 24.6 Å². The Morgan fingerprint density at radius 1 is 0.840 bits per heavy atom. The molecule has 0 heterocycles. The Labute approximate surface area is 167 Å². The van der Waals surface area contributed by atoms with Gasteiger partial charge < -0.3 is 24.7 Å². The van der Waals surface area contributed by atoms with Gasteiger partial charge in [0.2, 0.25) is 5.91 Å². The first-order valence-electron chi connectivity index (χ1n) is 9.06.